The van der Waals surface area contributed by atoms with Crippen LogP contribution in [0, 0.1) is 12.7 Å². The predicted octanol–water partition coefficient (Wildman–Crippen LogP) is 2.46. The summed E-state index contributed by atoms with van der Waals surface area (Å²) in [4.78, 5) is 43.1. The van der Waals surface area contributed by atoms with Crippen LogP contribution in [-0.2, 0) is 4.79 Å². The third-order valence-electron chi connectivity index (χ3n) is 4.89. The summed E-state index contributed by atoms with van der Waals surface area (Å²) in [6, 6.07) is 12.6. The van der Waals surface area contributed by atoms with Crippen LogP contribution in [0.1, 0.15) is 15.9 Å². The van der Waals surface area contributed by atoms with Crippen molar-refractivity contribution >= 4 is 28.4 Å². The number of hydrogen-bond donors (Lipinski definition) is 1. The van der Waals surface area contributed by atoms with Gasteiger partial charge in [0.2, 0.25) is 11.5 Å². The van der Waals surface area contributed by atoms with Crippen LogP contribution in [0.4, 0.5) is 10.1 Å². The highest BCUT2D eigenvalue weighted by Crippen LogP contribution is 2.21. The lowest BCUT2D eigenvalue weighted by Crippen LogP contribution is -2.52. The van der Waals surface area contributed by atoms with E-state index in [9.17, 15) is 18.8 Å². The van der Waals surface area contributed by atoms with Gasteiger partial charge in [-0.3, -0.25) is 14.4 Å². The summed E-state index contributed by atoms with van der Waals surface area (Å²) >= 11 is 0. The number of amides is 2. The molecule has 2 heterocycles. The molecule has 1 aliphatic rings. The van der Waals surface area contributed by atoms with Crippen molar-refractivity contribution in [2.45, 2.75) is 6.92 Å². The quantitative estimate of drug-likeness (QED) is 0.743. The fraction of sp³-hybridized carbons (Fsp3) is 0.190. The van der Waals surface area contributed by atoms with Gasteiger partial charge in [0, 0.05) is 35.7 Å². The van der Waals surface area contributed by atoms with Crippen molar-refractivity contribution in [3.8, 4) is 0 Å². The molecule has 0 spiro atoms. The van der Waals surface area contributed by atoms with E-state index in [1.807, 2.05) is 31.2 Å². The van der Waals surface area contributed by atoms with Crippen LogP contribution in [-0.4, -0.2) is 41.3 Å². The van der Waals surface area contributed by atoms with E-state index in [4.69, 9.17) is 0 Å². The van der Waals surface area contributed by atoms with E-state index < -0.39 is 17.3 Å². The number of rotatable bonds is 2. The normalized spacial score (nSPS) is 14.6. The van der Waals surface area contributed by atoms with Gasteiger partial charge in [-0.05, 0) is 37.3 Å². The Labute approximate surface area is 160 Å². The van der Waals surface area contributed by atoms with Gasteiger partial charge in [-0.1, -0.05) is 17.7 Å². The Morgan fingerprint density at radius 1 is 1.04 bits per heavy atom. The van der Waals surface area contributed by atoms with Crippen molar-refractivity contribution in [3.05, 3.63) is 75.8 Å². The molecule has 0 aliphatic carbocycles. The summed E-state index contributed by atoms with van der Waals surface area (Å²) in [6.07, 6.45) is 0. The van der Waals surface area contributed by atoms with Crippen molar-refractivity contribution < 1.29 is 14.0 Å². The Morgan fingerprint density at radius 2 is 1.79 bits per heavy atom. The maximum absolute atomic E-state index is 13.7. The number of aryl methyl sites for hydroxylation is 1. The second kappa shape index (κ2) is 6.92. The fourth-order valence-electron chi connectivity index (χ4n) is 3.42. The summed E-state index contributed by atoms with van der Waals surface area (Å²) in [5.41, 5.74) is 1.90. The number of hydrogen-bond acceptors (Lipinski definition) is 3. The molecule has 7 heteroatoms. The number of carbonyl (C=O) groups excluding carboxylic acids is 2. The Kier molecular flexibility index (Phi) is 4.43. The summed E-state index contributed by atoms with van der Waals surface area (Å²) in [5.74, 6) is -1.17. The van der Waals surface area contributed by atoms with Crippen LogP contribution >= 0.6 is 0 Å². The Morgan fingerprint density at radius 3 is 2.50 bits per heavy atom. The van der Waals surface area contributed by atoms with Crippen molar-refractivity contribution in [3.63, 3.8) is 0 Å². The molecule has 1 saturated heterocycles. The van der Waals surface area contributed by atoms with Crippen LogP contribution in [0.15, 0.2) is 53.3 Å². The first-order valence-electron chi connectivity index (χ1n) is 8.91. The van der Waals surface area contributed by atoms with E-state index in [0.29, 0.717) is 24.0 Å². The minimum absolute atomic E-state index is 0.0924. The monoisotopic (exact) mass is 379 g/mol. The number of fused-ring (bicyclic) bond motifs is 1. The maximum Gasteiger partial charge on any atom is 0.255 e. The lowest BCUT2D eigenvalue weighted by Gasteiger charge is -2.34. The van der Waals surface area contributed by atoms with Crippen molar-refractivity contribution in [2.75, 3.05) is 24.5 Å². The molecule has 2 aromatic carbocycles. The van der Waals surface area contributed by atoms with Gasteiger partial charge in [-0.15, -0.1) is 0 Å². The molecule has 1 fully saturated rings. The second-order valence-electron chi connectivity index (χ2n) is 6.84. The predicted molar refractivity (Wildman–Crippen MR) is 104 cm³/mol. The van der Waals surface area contributed by atoms with Gasteiger partial charge < -0.3 is 14.8 Å². The number of aromatic nitrogens is 1. The molecular formula is C21H18FN3O3. The maximum atomic E-state index is 13.7. The molecule has 1 N–H and O–H groups in total. The molecule has 1 aromatic heterocycles. The van der Waals surface area contributed by atoms with Crippen LogP contribution < -0.4 is 10.5 Å². The van der Waals surface area contributed by atoms with Gasteiger partial charge >= 0.3 is 0 Å². The second-order valence-corrected chi connectivity index (χ2v) is 6.84. The zero-order valence-corrected chi connectivity index (χ0v) is 15.2. The standard InChI is InChI=1S/C21H18FN3O3/c1-13-2-5-15(6-3-13)25-9-8-24(12-20(25)27)21(28)17-11-19(26)23-18-7-4-14(22)10-16(17)18/h2-7,10-11H,8-9,12H2,1H3,(H,23,26). The van der Waals surface area contributed by atoms with Gasteiger partial charge in [0.05, 0.1) is 5.56 Å². The number of piperazine rings is 1. The van der Waals surface area contributed by atoms with Crippen LogP contribution in [0.3, 0.4) is 0 Å². The molecule has 6 nitrogen and oxygen atoms in total. The largest absolute Gasteiger partial charge is 0.328 e. The number of benzene rings is 2. The van der Waals surface area contributed by atoms with E-state index in [2.05, 4.69) is 4.98 Å². The third kappa shape index (κ3) is 3.26. The summed E-state index contributed by atoms with van der Waals surface area (Å²) in [6.45, 7) is 2.54. The summed E-state index contributed by atoms with van der Waals surface area (Å²) in [7, 11) is 0. The summed E-state index contributed by atoms with van der Waals surface area (Å²) in [5, 5.41) is 0.318. The average molecular weight is 379 g/mol. The number of H-pyrrole nitrogens is 1. The Hall–Kier alpha value is -3.48. The lowest BCUT2D eigenvalue weighted by atomic mass is 10.1. The number of carbonyl (C=O) groups is 2. The fourth-order valence-corrected chi connectivity index (χ4v) is 3.42. The summed E-state index contributed by atoms with van der Waals surface area (Å²) < 4.78 is 13.7. The molecule has 0 atom stereocenters. The topological polar surface area (TPSA) is 73.5 Å². The number of halogens is 1. The van der Waals surface area contributed by atoms with Crippen LogP contribution in [0.2, 0.25) is 0 Å². The number of aromatic amines is 1. The first-order chi connectivity index (χ1) is 13.4. The highest BCUT2D eigenvalue weighted by atomic mass is 19.1. The molecule has 0 saturated carbocycles. The molecule has 142 valence electrons. The van der Waals surface area contributed by atoms with E-state index in [0.717, 1.165) is 17.3 Å². The molecule has 0 bridgehead atoms. The molecule has 3 aromatic rings. The molecule has 0 radical (unpaired) electrons. The molecule has 2 amide bonds. The number of nitrogens with zero attached hydrogens (tertiary/aromatic N) is 2. The molecule has 28 heavy (non-hydrogen) atoms. The zero-order valence-electron chi connectivity index (χ0n) is 15.2. The number of pyridine rings is 1. The highest BCUT2D eigenvalue weighted by molar-refractivity contribution is 6.08. The van der Waals surface area contributed by atoms with Crippen LogP contribution in [0.25, 0.3) is 10.9 Å². The van der Waals surface area contributed by atoms with Gasteiger partial charge in [0.15, 0.2) is 0 Å². The highest BCUT2D eigenvalue weighted by Gasteiger charge is 2.29. The average Bonchev–Trinajstić information content (AvgIpc) is 2.68. The van der Waals surface area contributed by atoms with Gasteiger partial charge in [0.25, 0.3) is 5.91 Å². The van der Waals surface area contributed by atoms with E-state index in [1.165, 1.54) is 23.1 Å². The van der Waals surface area contributed by atoms with Gasteiger partial charge in [0.1, 0.15) is 12.4 Å². The number of nitrogens with one attached hydrogen (secondary N) is 1. The Bertz CT molecular complexity index is 1140. The molecule has 1 aliphatic heterocycles. The van der Waals surface area contributed by atoms with Crippen LogP contribution in [0.5, 0.6) is 0 Å². The van der Waals surface area contributed by atoms with Crippen molar-refractivity contribution in [1.82, 2.24) is 9.88 Å². The Balaban J connectivity index is 1.61. The molecular weight excluding hydrogens is 361 g/mol. The SMILES string of the molecule is Cc1ccc(N2CCN(C(=O)c3cc(=O)[nH]c4ccc(F)cc34)CC2=O)cc1. The molecule has 0 unspecified atom stereocenters. The van der Waals surface area contributed by atoms with Crippen molar-refractivity contribution in [2.24, 2.45) is 0 Å². The van der Waals surface area contributed by atoms with Crippen molar-refractivity contribution in [1.29, 1.82) is 0 Å². The first-order valence-corrected chi connectivity index (χ1v) is 8.91. The zero-order chi connectivity index (χ0) is 19.8. The smallest absolute Gasteiger partial charge is 0.255 e. The van der Waals surface area contributed by atoms with Gasteiger partial charge in [-0.2, -0.15) is 0 Å². The minimum Gasteiger partial charge on any atom is -0.328 e. The first kappa shape index (κ1) is 17.9. The number of anilines is 1. The van der Waals surface area contributed by atoms with Gasteiger partial charge in [-0.25, -0.2) is 4.39 Å². The third-order valence-corrected chi connectivity index (χ3v) is 4.89. The minimum atomic E-state index is -0.506. The van der Waals surface area contributed by atoms with E-state index in [1.54, 1.807) is 4.90 Å². The lowest BCUT2D eigenvalue weighted by molar-refractivity contribution is -0.120. The van der Waals surface area contributed by atoms with E-state index in [-0.39, 0.29) is 18.0 Å². The molecule has 4 rings (SSSR count). The van der Waals surface area contributed by atoms with E-state index >= 15 is 0 Å².